The van der Waals surface area contributed by atoms with Gasteiger partial charge in [-0.15, -0.1) is 0 Å². The number of aliphatic hydroxyl groups is 1. The van der Waals surface area contributed by atoms with Gasteiger partial charge in [-0.1, -0.05) is 0 Å². The molecular weight excluding hydrogens is 732 g/mol. The molecule has 302 valence electrons. The summed E-state index contributed by atoms with van der Waals surface area (Å²) in [7, 11) is 0. The van der Waals surface area contributed by atoms with Crippen LogP contribution >= 0.6 is 0 Å². The summed E-state index contributed by atoms with van der Waals surface area (Å²) in [5, 5.41) is 22.3. The molecule has 15 nitrogen and oxygen atoms in total. The van der Waals surface area contributed by atoms with E-state index >= 15 is 0 Å². The van der Waals surface area contributed by atoms with E-state index in [0.29, 0.717) is 53.5 Å². The van der Waals surface area contributed by atoms with Crippen LogP contribution in [-0.2, 0) is 25.7 Å². The summed E-state index contributed by atoms with van der Waals surface area (Å²) in [6.45, 7) is 0.716. The van der Waals surface area contributed by atoms with Gasteiger partial charge in [-0.25, -0.2) is 8.78 Å². The highest BCUT2D eigenvalue weighted by molar-refractivity contribution is 6.24. The molecule has 17 heteroatoms. The SMILES string of the molecule is O=C1CCC(N2C(=O)c3ccc(NCCCCCNC(=O)c4cc5cc(N6CCC(O)(C(=O)NCc7cc(F)cc(F)c7)C6=O)ccc5[nH]4)cc3C2=O)C(=O)N1.[HH].[HH].[HH].[HH].[HH].[HH]. The lowest BCUT2D eigenvalue weighted by atomic mass is 10.0. The van der Waals surface area contributed by atoms with Crippen molar-refractivity contribution in [3.8, 4) is 0 Å². The third kappa shape index (κ3) is 7.44. The average molecular weight is 782 g/mol. The van der Waals surface area contributed by atoms with E-state index in [2.05, 4.69) is 26.3 Å². The van der Waals surface area contributed by atoms with Gasteiger partial charge in [-0.3, -0.25) is 43.8 Å². The molecule has 7 rings (SSSR count). The van der Waals surface area contributed by atoms with Crippen LogP contribution in [0.4, 0.5) is 20.2 Å². The highest BCUT2D eigenvalue weighted by Gasteiger charge is 2.52. The van der Waals surface area contributed by atoms with Gasteiger partial charge in [0.1, 0.15) is 23.4 Å². The van der Waals surface area contributed by atoms with Gasteiger partial charge in [-0.05, 0) is 85.8 Å². The quantitative estimate of drug-likeness (QED) is 0.0654. The van der Waals surface area contributed by atoms with Crippen molar-refractivity contribution >= 4 is 63.6 Å². The molecule has 3 aliphatic rings. The van der Waals surface area contributed by atoms with Crippen LogP contribution < -0.4 is 26.2 Å². The second-order valence-electron chi connectivity index (χ2n) is 13.9. The molecule has 4 heterocycles. The molecule has 2 atom stereocenters. The molecule has 0 bridgehead atoms. The van der Waals surface area contributed by atoms with E-state index in [0.717, 1.165) is 29.9 Å². The minimum Gasteiger partial charge on any atom is -0.385 e. The van der Waals surface area contributed by atoms with Gasteiger partial charge in [0.15, 0.2) is 0 Å². The Labute approximate surface area is 326 Å². The highest BCUT2D eigenvalue weighted by Crippen LogP contribution is 2.32. The zero-order chi connectivity index (χ0) is 39.7. The molecule has 3 aliphatic heterocycles. The number of H-pyrrole nitrogens is 1. The van der Waals surface area contributed by atoms with Gasteiger partial charge < -0.3 is 30.9 Å². The molecule has 0 aliphatic carbocycles. The first-order valence-corrected chi connectivity index (χ1v) is 18.1. The summed E-state index contributed by atoms with van der Waals surface area (Å²) in [5.74, 6) is -6.04. The largest absolute Gasteiger partial charge is 0.385 e. The number of unbranched alkanes of at least 4 members (excludes halogenated alkanes) is 2. The second kappa shape index (κ2) is 15.3. The Hall–Kier alpha value is -6.49. The Morgan fingerprint density at radius 1 is 0.875 bits per heavy atom. The normalized spacial score (nSPS) is 19.4. The number of nitrogens with one attached hydrogen (secondary N) is 5. The number of rotatable bonds is 13. The molecule has 2 unspecified atom stereocenters. The number of carbonyl (C=O) groups excluding carboxylic acids is 7. The summed E-state index contributed by atoms with van der Waals surface area (Å²) in [6.07, 6.45) is 2.13. The van der Waals surface area contributed by atoms with Gasteiger partial charge in [0.2, 0.25) is 17.4 Å². The number of nitrogens with zero attached hydrogens (tertiary/aromatic N) is 2. The van der Waals surface area contributed by atoms with Crippen LogP contribution in [0.5, 0.6) is 0 Å². The number of carbonyl (C=O) groups is 7. The zero-order valence-electron chi connectivity index (χ0n) is 29.9. The van der Waals surface area contributed by atoms with Crippen molar-refractivity contribution in [2.45, 2.75) is 56.7 Å². The smallest absolute Gasteiger partial charge is 0.268 e. The number of hydrogen-bond acceptors (Lipinski definition) is 9. The maximum Gasteiger partial charge on any atom is 0.268 e. The van der Waals surface area contributed by atoms with Crippen molar-refractivity contribution in [3.63, 3.8) is 0 Å². The number of halogens is 2. The van der Waals surface area contributed by atoms with Crippen molar-refractivity contribution in [1.29, 1.82) is 0 Å². The van der Waals surface area contributed by atoms with Crippen molar-refractivity contribution in [1.82, 2.24) is 25.8 Å². The van der Waals surface area contributed by atoms with Crippen LogP contribution in [0.2, 0.25) is 0 Å². The third-order valence-electron chi connectivity index (χ3n) is 10.1. The van der Waals surface area contributed by atoms with Gasteiger partial charge in [0.05, 0.1) is 11.1 Å². The van der Waals surface area contributed by atoms with Crippen LogP contribution in [-0.4, -0.2) is 87.6 Å². The maximum atomic E-state index is 13.5. The Kier molecular flexibility index (Phi) is 10.4. The standard InChI is InChI=1S/C39H37F2N7O8.6H2/c40-23-14-21(15-24(41)18-23)20-44-37(54)39(56)10-13-47(38(39)55)26-5-7-29-22(16-26)17-30(45-29)33(50)43-12-3-1-2-11-42-25-4-6-27-28(19-25)36(53)48(35(27)52)31-8-9-32(49)46-34(31)51;;;;;;/h4-7,14-19,31,42,45,56H,1-3,8-13,20H2,(H,43,50)(H,44,54)(H,46,49,51);6*1H. The van der Waals surface area contributed by atoms with E-state index in [1.807, 2.05) is 0 Å². The highest BCUT2D eigenvalue weighted by atomic mass is 19.1. The van der Waals surface area contributed by atoms with E-state index in [1.54, 1.807) is 42.5 Å². The minimum atomic E-state index is -2.37. The van der Waals surface area contributed by atoms with Crippen molar-refractivity contribution in [2.24, 2.45) is 0 Å². The number of fused-ring (bicyclic) bond motifs is 2. The topological polar surface area (TPSA) is 210 Å². The van der Waals surface area contributed by atoms with Crippen LogP contribution in [0.1, 0.15) is 83.9 Å². The van der Waals surface area contributed by atoms with E-state index in [1.165, 1.54) is 4.90 Å². The number of aromatic nitrogens is 1. The molecule has 56 heavy (non-hydrogen) atoms. The summed E-state index contributed by atoms with van der Waals surface area (Å²) in [4.78, 5) is 94.0. The number of anilines is 2. The van der Waals surface area contributed by atoms with Crippen LogP contribution in [0.15, 0.2) is 60.7 Å². The fourth-order valence-corrected chi connectivity index (χ4v) is 7.15. The van der Waals surface area contributed by atoms with Gasteiger partial charge in [0, 0.05) is 75.9 Å². The van der Waals surface area contributed by atoms with Gasteiger partial charge in [0.25, 0.3) is 29.5 Å². The molecule has 1 aromatic heterocycles. The number of imide groups is 2. The van der Waals surface area contributed by atoms with Crippen LogP contribution in [0, 0.1) is 11.6 Å². The number of aromatic amines is 1. The fourth-order valence-electron chi connectivity index (χ4n) is 7.15. The number of piperidine rings is 1. The third-order valence-corrected chi connectivity index (χ3v) is 10.1. The van der Waals surface area contributed by atoms with E-state index in [9.17, 15) is 47.4 Å². The summed E-state index contributed by atoms with van der Waals surface area (Å²) >= 11 is 0. The predicted molar refractivity (Wildman–Crippen MR) is 209 cm³/mol. The molecular formula is C39H49F2N7O8. The van der Waals surface area contributed by atoms with Crippen LogP contribution in [0.3, 0.4) is 0 Å². The number of hydrogen-bond donors (Lipinski definition) is 6. The molecule has 6 N–H and O–H groups in total. The Morgan fingerprint density at radius 2 is 1.62 bits per heavy atom. The van der Waals surface area contributed by atoms with Gasteiger partial charge >= 0.3 is 0 Å². The molecule has 3 aromatic carbocycles. The minimum absolute atomic E-state index is 0. The van der Waals surface area contributed by atoms with Crippen LogP contribution in [0.25, 0.3) is 10.9 Å². The number of amides is 7. The Balaban J connectivity index is 0.00000320. The van der Waals surface area contributed by atoms with E-state index in [4.69, 9.17) is 0 Å². The van der Waals surface area contributed by atoms with E-state index in [-0.39, 0.29) is 63.5 Å². The van der Waals surface area contributed by atoms with E-state index < -0.39 is 58.7 Å². The second-order valence-corrected chi connectivity index (χ2v) is 13.9. The fraction of sp³-hybridized carbons (Fsp3) is 0.308. The number of benzene rings is 3. The molecule has 2 fully saturated rings. The molecule has 0 spiro atoms. The Bertz CT molecular complexity index is 2320. The average Bonchev–Trinajstić information content (AvgIpc) is 3.81. The summed E-state index contributed by atoms with van der Waals surface area (Å²) in [5.41, 5.74) is 0.138. The van der Waals surface area contributed by atoms with Crippen molar-refractivity contribution in [3.05, 3.63) is 94.7 Å². The molecule has 0 radical (unpaired) electrons. The van der Waals surface area contributed by atoms with Crippen molar-refractivity contribution < 1.29 is 56.0 Å². The summed E-state index contributed by atoms with van der Waals surface area (Å²) < 4.78 is 27.0. The zero-order valence-corrected chi connectivity index (χ0v) is 29.9. The first-order chi connectivity index (χ1) is 26.8. The lowest BCUT2D eigenvalue weighted by Gasteiger charge is -2.27. The maximum absolute atomic E-state index is 13.5. The van der Waals surface area contributed by atoms with Gasteiger partial charge in [-0.2, -0.15) is 0 Å². The monoisotopic (exact) mass is 781 g/mol. The lowest BCUT2D eigenvalue weighted by Crippen LogP contribution is -2.54. The lowest BCUT2D eigenvalue weighted by molar-refractivity contribution is -0.149. The summed E-state index contributed by atoms with van der Waals surface area (Å²) in [6, 6.07) is 13.2. The predicted octanol–water partition coefficient (Wildman–Crippen LogP) is 4.12. The molecule has 0 saturated carbocycles. The Morgan fingerprint density at radius 3 is 2.39 bits per heavy atom. The molecule has 2 saturated heterocycles. The van der Waals surface area contributed by atoms with Crippen molar-refractivity contribution in [2.75, 3.05) is 29.9 Å². The first kappa shape index (κ1) is 37.8. The first-order valence-electron chi connectivity index (χ1n) is 18.1. The molecule has 4 aromatic rings. The molecule has 7 amide bonds.